The summed E-state index contributed by atoms with van der Waals surface area (Å²) in [6.07, 6.45) is 0.423. The molecule has 0 unspecified atom stereocenters. The first-order valence-corrected chi connectivity index (χ1v) is 8.09. The Hall–Kier alpha value is -1.74. The number of carbonyl (C=O) groups is 1. The molecule has 2 nitrogen and oxygen atoms in total. The summed E-state index contributed by atoms with van der Waals surface area (Å²) in [7, 11) is 0. The summed E-state index contributed by atoms with van der Waals surface area (Å²) < 4.78 is 0. The van der Waals surface area contributed by atoms with Crippen molar-refractivity contribution < 1.29 is 9.90 Å². The fraction of sp³-hybridized carbons (Fsp3) is 0.278. The SMILES string of the molecule is CC.CC.O=C(Cc1ccccc1)Sc1ccc(O)cc1. The first-order valence-electron chi connectivity index (χ1n) is 7.28. The van der Waals surface area contributed by atoms with Gasteiger partial charge in [0.1, 0.15) is 5.75 Å². The zero-order chi connectivity index (χ0) is 16.1. The van der Waals surface area contributed by atoms with Crippen LogP contribution in [-0.4, -0.2) is 10.2 Å². The van der Waals surface area contributed by atoms with Crippen molar-refractivity contribution in [1.29, 1.82) is 0 Å². The van der Waals surface area contributed by atoms with Crippen molar-refractivity contribution in [2.75, 3.05) is 0 Å². The largest absolute Gasteiger partial charge is 0.508 e. The highest BCUT2D eigenvalue weighted by Crippen LogP contribution is 2.22. The average Bonchev–Trinajstić information content (AvgIpc) is 2.54. The van der Waals surface area contributed by atoms with Crippen molar-refractivity contribution >= 4 is 16.9 Å². The van der Waals surface area contributed by atoms with E-state index >= 15 is 0 Å². The van der Waals surface area contributed by atoms with Crippen LogP contribution in [0.25, 0.3) is 0 Å². The Morgan fingerprint density at radius 3 is 1.95 bits per heavy atom. The van der Waals surface area contributed by atoms with Crippen LogP contribution in [0.3, 0.4) is 0 Å². The van der Waals surface area contributed by atoms with Gasteiger partial charge in [0.15, 0.2) is 5.12 Å². The molecule has 0 aliphatic heterocycles. The van der Waals surface area contributed by atoms with Gasteiger partial charge in [0.25, 0.3) is 0 Å². The van der Waals surface area contributed by atoms with Gasteiger partial charge in [-0.25, -0.2) is 0 Å². The second-order valence-electron chi connectivity index (χ2n) is 3.63. The van der Waals surface area contributed by atoms with Crippen LogP contribution < -0.4 is 0 Å². The molecule has 3 heteroatoms. The van der Waals surface area contributed by atoms with Gasteiger partial charge in [0, 0.05) is 11.3 Å². The van der Waals surface area contributed by atoms with Gasteiger partial charge in [-0.05, 0) is 29.8 Å². The van der Waals surface area contributed by atoms with E-state index in [1.54, 1.807) is 24.3 Å². The Bertz CT molecular complexity index is 492. The number of rotatable bonds is 3. The third-order valence-corrected chi connectivity index (χ3v) is 3.14. The molecule has 0 aliphatic rings. The quantitative estimate of drug-likeness (QED) is 0.781. The highest BCUT2D eigenvalue weighted by atomic mass is 32.2. The Morgan fingerprint density at radius 1 is 0.905 bits per heavy atom. The maximum atomic E-state index is 11.8. The maximum Gasteiger partial charge on any atom is 0.198 e. The summed E-state index contributed by atoms with van der Waals surface area (Å²) in [5.74, 6) is 0.213. The highest BCUT2D eigenvalue weighted by molar-refractivity contribution is 8.13. The molecule has 0 saturated heterocycles. The Kier molecular flexibility index (Phi) is 11.0. The smallest absolute Gasteiger partial charge is 0.198 e. The topological polar surface area (TPSA) is 37.3 Å². The minimum Gasteiger partial charge on any atom is -0.508 e. The van der Waals surface area contributed by atoms with E-state index in [0.717, 1.165) is 10.5 Å². The number of phenols is 1. The van der Waals surface area contributed by atoms with Gasteiger partial charge in [-0.15, -0.1) is 0 Å². The molecule has 0 spiro atoms. The summed E-state index contributed by atoms with van der Waals surface area (Å²) >= 11 is 1.20. The average molecular weight is 304 g/mol. The number of aromatic hydroxyl groups is 1. The Morgan fingerprint density at radius 2 is 1.43 bits per heavy atom. The Labute approximate surface area is 132 Å². The molecule has 0 aromatic heterocycles. The summed E-state index contributed by atoms with van der Waals surface area (Å²) in [6.45, 7) is 8.00. The fourth-order valence-electron chi connectivity index (χ4n) is 1.44. The summed E-state index contributed by atoms with van der Waals surface area (Å²) in [6, 6.07) is 16.3. The molecular formula is C18H24O2S. The van der Waals surface area contributed by atoms with Crippen molar-refractivity contribution in [1.82, 2.24) is 0 Å². The molecule has 0 amide bonds. The van der Waals surface area contributed by atoms with Gasteiger partial charge >= 0.3 is 0 Å². The van der Waals surface area contributed by atoms with Gasteiger partial charge in [-0.2, -0.15) is 0 Å². The lowest BCUT2D eigenvalue weighted by Gasteiger charge is -2.01. The van der Waals surface area contributed by atoms with Crippen molar-refractivity contribution in [2.24, 2.45) is 0 Å². The van der Waals surface area contributed by atoms with E-state index in [1.807, 2.05) is 58.0 Å². The van der Waals surface area contributed by atoms with Crippen molar-refractivity contribution in [3.63, 3.8) is 0 Å². The van der Waals surface area contributed by atoms with Crippen molar-refractivity contribution in [2.45, 2.75) is 39.0 Å². The van der Waals surface area contributed by atoms with E-state index in [2.05, 4.69) is 0 Å². The third-order valence-electron chi connectivity index (χ3n) is 2.26. The molecule has 0 radical (unpaired) electrons. The molecule has 0 atom stereocenters. The van der Waals surface area contributed by atoms with Crippen molar-refractivity contribution in [3.8, 4) is 5.75 Å². The second-order valence-corrected chi connectivity index (χ2v) is 4.76. The van der Waals surface area contributed by atoms with E-state index in [-0.39, 0.29) is 10.9 Å². The van der Waals surface area contributed by atoms with Crippen LogP contribution in [0.2, 0.25) is 0 Å². The van der Waals surface area contributed by atoms with Crippen LogP contribution in [0.15, 0.2) is 59.5 Å². The number of benzene rings is 2. The monoisotopic (exact) mass is 304 g/mol. The molecule has 2 rings (SSSR count). The minimum absolute atomic E-state index is 0.0990. The second kappa shape index (κ2) is 12.0. The molecule has 0 fully saturated rings. The van der Waals surface area contributed by atoms with Crippen molar-refractivity contribution in [3.05, 3.63) is 60.2 Å². The first-order chi connectivity index (χ1) is 10.2. The first kappa shape index (κ1) is 19.3. The third kappa shape index (κ3) is 8.20. The molecular weight excluding hydrogens is 280 g/mol. The number of carbonyl (C=O) groups excluding carboxylic acids is 1. The summed E-state index contributed by atoms with van der Waals surface area (Å²) in [5, 5.41) is 9.23. The minimum atomic E-state index is 0.0990. The predicted octanol–water partition coefficient (Wildman–Crippen LogP) is 5.31. The van der Waals surface area contributed by atoms with Gasteiger partial charge in [-0.3, -0.25) is 4.79 Å². The normalized spacial score (nSPS) is 8.76. The van der Waals surface area contributed by atoms with Gasteiger partial charge in [0.2, 0.25) is 0 Å². The van der Waals surface area contributed by atoms with Crippen LogP contribution in [0.5, 0.6) is 5.75 Å². The van der Waals surface area contributed by atoms with E-state index in [9.17, 15) is 4.79 Å². The molecule has 2 aromatic rings. The predicted molar refractivity (Wildman–Crippen MR) is 91.8 cm³/mol. The van der Waals surface area contributed by atoms with E-state index < -0.39 is 0 Å². The van der Waals surface area contributed by atoms with Gasteiger partial charge in [-0.1, -0.05) is 69.8 Å². The zero-order valence-electron chi connectivity index (χ0n) is 13.2. The molecule has 0 heterocycles. The molecule has 0 bridgehead atoms. The van der Waals surface area contributed by atoms with Gasteiger partial charge < -0.3 is 5.11 Å². The molecule has 21 heavy (non-hydrogen) atoms. The molecule has 114 valence electrons. The molecule has 2 aromatic carbocycles. The fourth-order valence-corrected chi connectivity index (χ4v) is 2.22. The lowest BCUT2D eigenvalue weighted by Crippen LogP contribution is -1.96. The van der Waals surface area contributed by atoms with Gasteiger partial charge in [0.05, 0.1) is 0 Å². The number of phenolic OH excluding ortho intramolecular Hbond substituents is 1. The van der Waals surface area contributed by atoms with E-state index in [1.165, 1.54) is 11.8 Å². The number of thioether (sulfide) groups is 1. The van der Waals surface area contributed by atoms with Crippen LogP contribution >= 0.6 is 11.8 Å². The number of hydrogen-bond donors (Lipinski definition) is 1. The Balaban J connectivity index is 0.000000921. The molecule has 1 N–H and O–H groups in total. The molecule has 0 saturated carbocycles. The van der Waals surface area contributed by atoms with E-state index in [0.29, 0.717) is 6.42 Å². The summed E-state index contributed by atoms with van der Waals surface area (Å²) in [4.78, 5) is 12.6. The van der Waals surface area contributed by atoms with Crippen LogP contribution in [0.1, 0.15) is 33.3 Å². The highest BCUT2D eigenvalue weighted by Gasteiger charge is 2.05. The maximum absolute atomic E-state index is 11.8. The van der Waals surface area contributed by atoms with E-state index in [4.69, 9.17) is 5.11 Å². The standard InChI is InChI=1S/C14H12O2S.2C2H6/c15-12-6-8-13(9-7-12)17-14(16)10-11-4-2-1-3-5-11;2*1-2/h1-9,15H,10H2;2*1-2H3. The molecule has 0 aliphatic carbocycles. The van der Waals surface area contributed by atoms with Crippen LogP contribution in [0, 0.1) is 0 Å². The number of hydrogen-bond acceptors (Lipinski definition) is 3. The van der Waals surface area contributed by atoms with Crippen LogP contribution in [-0.2, 0) is 11.2 Å². The summed E-state index contributed by atoms with van der Waals surface area (Å²) in [5.41, 5.74) is 1.02. The lowest BCUT2D eigenvalue weighted by molar-refractivity contribution is -0.110. The van der Waals surface area contributed by atoms with Crippen LogP contribution in [0.4, 0.5) is 0 Å². The lowest BCUT2D eigenvalue weighted by atomic mass is 10.2. The zero-order valence-corrected chi connectivity index (χ0v) is 14.0.